The highest BCUT2D eigenvalue weighted by Crippen LogP contribution is 2.10. The highest BCUT2D eigenvalue weighted by Gasteiger charge is 2.09. The van der Waals surface area contributed by atoms with Crippen molar-refractivity contribution in [2.24, 2.45) is 0 Å². The molecule has 0 unspecified atom stereocenters. The van der Waals surface area contributed by atoms with Crippen LogP contribution in [0.1, 0.15) is 24.5 Å². The quantitative estimate of drug-likeness (QED) is 0.786. The third kappa shape index (κ3) is 5.21. The summed E-state index contributed by atoms with van der Waals surface area (Å²) in [7, 11) is 0. The van der Waals surface area contributed by atoms with E-state index >= 15 is 0 Å². The number of hydrogen-bond acceptors (Lipinski definition) is 5. The summed E-state index contributed by atoms with van der Waals surface area (Å²) in [4.78, 5) is 23.3. The lowest BCUT2D eigenvalue weighted by atomic mass is 10.0. The van der Waals surface area contributed by atoms with Gasteiger partial charge in [-0.25, -0.2) is 4.68 Å². The van der Waals surface area contributed by atoms with E-state index in [9.17, 15) is 9.59 Å². The Balaban J connectivity index is 1.82. The van der Waals surface area contributed by atoms with E-state index in [4.69, 9.17) is 4.74 Å². The molecule has 1 aromatic heterocycles. The number of hydrogen-bond donors (Lipinski definition) is 1. The van der Waals surface area contributed by atoms with E-state index in [1.807, 2.05) is 31.2 Å². The van der Waals surface area contributed by atoms with E-state index in [1.165, 1.54) is 16.4 Å². The third-order valence-electron chi connectivity index (χ3n) is 3.29. The molecule has 0 spiro atoms. The van der Waals surface area contributed by atoms with Crippen molar-refractivity contribution >= 4 is 17.7 Å². The molecule has 0 saturated carbocycles. The van der Waals surface area contributed by atoms with Crippen molar-refractivity contribution in [1.82, 2.24) is 15.0 Å². The molecule has 7 nitrogen and oxygen atoms in total. The maximum Gasteiger partial charge on any atom is 0.327 e. The Morgan fingerprint density at radius 3 is 2.83 bits per heavy atom. The van der Waals surface area contributed by atoms with Gasteiger partial charge >= 0.3 is 5.97 Å². The summed E-state index contributed by atoms with van der Waals surface area (Å²) >= 11 is 0. The number of aryl methyl sites for hydroxylation is 2. The number of nitrogens with zero attached hydrogens (tertiary/aromatic N) is 3. The van der Waals surface area contributed by atoms with Crippen molar-refractivity contribution in [3.63, 3.8) is 0 Å². The zero-order chi connectivity index (χ0) is 16.7. The molecular weight excluding hydrogens is 296 g/mol. The second-order valence-corrected chi connectivity index (χ2v) is 5.08. The number of anilines is 1. The number of nitrogens with one attached hydrogen (secondary N) is 1. The van der Waals surface area contributed by atoms with Crippen LogP contribution in [0.4, 0.5) is 5.82 Å². The number of rotatable bonds is 7. The number of carbonyl (C=O) groups excluding carboxylic acids is 2. The molecular formula is C16H20N4O3. The van der Waals surface area contributed by atoms with E-state index in [0.29, 0.717) is 25.3 Å². The molecule has 0 radical (unpaired) electrons. The van der Waals surface area contributed by atoms with Crippen LogP contribution in [0.15, 0.2) is 30.5 Å². The standard InChI is InChI=1S/C16H20N4O3/c1-3-23-16(22)11-20-10-14(18-19-20)17-15(21)9-8-13-7-5-4-6-12(13)2/h4-7,10H,3,8-9,11H2,1-2H3,(H,17,21). The van der Waals surface area contributed by atoms with Crippen LogP contribution in [-0.2, 0) is 27.3 Å². The van der Waals surface area contributed by atoms with E-state index in [2.05, 4.69) is 15.6 Å². The van der Waals surface area contributed by atoms with Crippen molar-refractivity contribution in [3.05, 3.63) is 41.6 Å². The van der Waals surface area contributed by atoms with E-state index < -0.39 is 5.97 Å². The molecule has 1 amide bonds. The number of ether oxygens (including phenoxy) is 1. The Kier molecular flexibility index (Phi) is 5.85. The minimum absolute atomic E-state index is 0.0279. The molecule has 2 rings (SSSR count). The Bertz CT molecular complexity index is 681. The van der Waals surface area contributed by atoms with Gasteiger partial charge in [0.25, 0.3) is 0 Å². The van der Waals surface area contributed by atoms with Gasteiger partial charge in [-0.1, -0.05) is 29.5 Å². The van der Waals surface area contributed by atoms with Gasteiger partial charge in [-0.2, -0.15) is 0 Å². The predicted octanol–water partition coefficient (Wildman–Crippen LogP) is 1.72. The second kappa shape index (κ2) is 8.07. The molecule has 1 heterocycles. The first-order valence-electron chi connectivity index (χ1n) is 7.48. The van der Waals surface area contributed by atoms with Crippen molar-refractivity contribution in [2.45, 2.75) is 33.2 Å². The summed E-state index contributed by atoms with van der Waals surface area (Å²) in [5.74, 6) is -0.213. The number of aromatic nitrogens is 3. The lowest BCUT2D eigenvalue weighted by Crippen LogP contribution is -2.14. The van der Waals surface area contributed by atoms with Gasteiger partial charge < -0.3 is 10.1 Å². The normalized spacial score (nSPS) is 10.3. The fourth-order valence-corrected chi connectivity index (χ4v) is 2.12. The van der Waals surface area contributed by atoms with Crippen LogP contribution < -0.4 is 5.32 Å². The van der Waals surface area contributed by atoms with E-state index in [1.54, 1.807) is 6.92 Å². The van der Waals surface area contributed by atoms with Crippen LogP contribution in [0, 0.1) is 6.92 Å². The SMILES string of the molecule is CCOC(=O)Cn1cc(NC(=O)CCc2ccccc2C)nn1. The molecule has 0 fully saturated rings. The molecule has 1 aromatic carbocycles. The number of amides is 1. The lowest BCUT2D eigenvalue weighted by molar-refractivity contribution is -0.144. The molecule has 7 heteroatoms. The minimum Gasteiger partial charge on any atom is -0.465 e. The van der Waals surface area contributed by atoms with Crippen LogP contribution in [0.2, 0.25) is 0 Å². The zero-order valence-electron chi connectivity index (χ0n) is 13.3. The number of benzene rings is 1. The van der Waals surface area contributed by atoms with Crippen LogP contribution in [0.3, 0.4) is 0 Å². The fourth-order valence-electron chi connectivity index (χ4n) is 2.12. The molecule has 0 aliphatic rings. The number of carbonyl (C=O) groups is 2. The molecule has 0 bridgehead atoms. The van der Waals surface area contributed by atoms with Gasteiger partial charge in [0.05, 0.1) is 12.8 Å². The van der Waals surface area contributed by atoms with Crippen molar-refractivity contribution in [1.29, 1.82) is 0 Å². The topological polar surface area (TPSA) is 86.1 Å². The Labute approximate surface area is 134 Å². The monoisotopic (exact) mass is 316 g/mol. The van der Waals surface area contributed by atoms with Crippen molar-refractivity contribution < 1.29 is 14.3 Å². The first kappa shape index (κ1) is 16.7. The smallest absolute Gasteiger partial charge is 0.327 e. The summed E-state index contributed by atoms with van der Waals surface area (Å²) in [6.45, 7) is 4.05. The average Bonchev–Trinajstić information content (AvgIpc) is 2.93. The number of esters is 1. The second-order valence-electron chi connectivity index (χ2n) is 5.08. The van der Waals surface area contributed by atoms with Crippen LogP contribution in [0.25, 0.3) is 0 Å². The Hall–Kier alpha value is -2.70. The molecule has 23 heavy (non-hydrogen) atoms. The minimum atomic E-state index is -0.394. The third-order valence-corrected chi connectivity index (χ3v) is 3.29. The van der Waals surface area contributed by atoms with Gasteiger partial charge in [0.15, 0.2) is 5.82 Å². The summed E-state index contributed by atoms with van der Waals surface area (Å²) in [6, 6.07) is 7.97. The zero-order valence-corrected chi connectivity index (χ0v) is 13.3. The Morgan fingerprint density at radius 2 is 2.09 bits per heavy atom. The van der Waals surface area contributed by atoms with Gasteiger partial charge in [0, 0.05) is 6.42 Å². The summed E-state index contributed by atoms with van der Waals surface area (Å²) in [5.41, 5.74) is 2.31. The highest BCUT2D eigenvalue weighted by molar-refractivity contribution is 5.89. The van der Waals surface area contributed by atoms with Gasteiger partial charge in [-0.15, -0.1) is 5.10 Å². The predicted molar refractivity (Wildman–Crippen MR) is 84.8 cm³/mol. The largest absolute Gasteiger partial charge is 0.465 e. The van der Waals surface area contributed by atoms with Crippen LogP contribution in [-0.4, -0.2) is 33.5 Å². The van der Waals surface area contributed by atoms with Gasteiger partial charge in [0.1, 0.15) is 6.54 Å². The average molecular weight is 316 g/mol. The van der Waals surface area contributed by atoms with Gasteiger partial charge in [0.2, 0.25) is 5.91 Å². The van der Waals surface area contributed by atoms with Crippen molar-refractivity contribution in [2.75, 3.05) is 11.9 Å². The van der Waals surface area contributed by atoms with Crippen LogP contribution in [0.5, 0.6) is 0 Å². The van der Waals surface area contributed by atoms with E-state index in [-0.39, 0.29) is 12.5 Å². The summed E-state index contributed by atoms with van der Waals surface area (Å²) in [5, 5.41) is 10.3. The maximum absolute atomic E-state index is 12.0. The van der Waals surface area contributed by atoms with Gasteiger partial charge in [-0.3, -0.25) is 9.59 Å². The molecule has 0 saturated heterocycles. The highest BCUT2D eigenvalue weighted by atomic mass is 16.5. The molecule has 0 aliphatic carbocycles. The summed E-state index contributed by atoms with van der Waals surface area (Å²) in [6.07, 6.45) is 2.52. The first-order chi connectivity index (χ1) is 11.1. The maximum atomic E-state index is 12.0. The molecule has 2 aromatic rings. The van der Waals surface area contributed by atoms with Gasteiger partial charge in [-0.05, 0) is 31.4 Å². The molecule has 122 valence electrons. The molecule has 0 aliphatic heterocycles. The first-order valence-corrected chi connectivity index (χ1v) is 7.48. The fraction of sp³-hybridized carbons (Fsp3) is 0.375. The molecule has 0 atom stereocenters. The van der Waals surface area contributed by atoms with Crippen molar-refractivity contribution in [3.8, 4) is 0 Å². The Morgan fingerprint density at radius 1 is 1.30 bits per heavy atom. The molecule has 1 N–H and O–H groups in total. The van der Waals surface area contributed by atoms with E-state index in [0.717, 1.165) is 5.56 Å². The lowest BCUT2D eigenvalue weighted by Gasteiger charge is -2.05. The van der Waals surface area contributed by atoms with Crippen LogP contribution >= 0.6 is 0 Å². The summed E-state index contributed by atoms with van der Waals surface area (Å²) < 4.78 is 6.15.